The molecule has 3 aromatic rings. The zero-order valence-electron chi connectivity index (χ0n) is 12.2. The largest absolute Gasteiger partial charge is 0.382 e. The molecule has 0 spiro atoms. The van der Waals surface area contributed by atoms with Crippen molar-refractivity contribution < 1.29 is 4.79 Å². The van der Waals surface area contributed by atoms with Crippen molar-refractivity contribution in [3.8, 4) is 0 Å². The second-order valence-corrected chi connectivity index (χ2v) is 5.06. The molecule has 0 aliphatic rings. The molecule has 5 heteroatoms. The molecule has 5 nitrogen and oxygen atoms in total. The van der Waals surface area contributed by atoms with Crippen LogP contribution >= 0.6 is 0 Å². The normalized spacial score (nSPS) is 10.6. The molecular weight excluding hydrogens is 276 g/mol. The van der Waals surface area contributed by atoms with Gasteiger partial charge in [0.05, 0.1) is 11.0 Å². The van der Waals surface area contributed by atoms with Gasteiger partial charge >= 0.3 is 0 Å². The highest BCUT2D eigenvalue weighted by molar-refractivity contribution is 5.98. The van der Waals surface area contributed by atoms with Crippen molar-refractivity contribution in [3.05, 3.63) is 65.4 Å². The summed E-state index contributed by atoms with van der Waals surface area (Å²) in [5.41, 5.74) is 9.52. The summed E-state index contributed by atoms with van der Waals surface area (Å²) in [6.07, 6.45) is 0. The third-order valence-electron chi connectivity index (χ3n) is 3.51. The number of hydrogen-bond donors (Lipinski definition) is 2. The van der Waals surface area contributed by atoms with Crippen molar-refractivity contribution in [1.82, 2.24) is 15.3 Å². The van der Waals surface area contributed by atoms with Crippen LogP contribution in [-0.4, -0.2) is 15.9 Å². The highest BCUT2D eigenvalue weighted by Crippen LogP contribution is 2.14. The van der Waals surface area contributed by atoms with Crippen molar-refractivity contribution in [2.24, 2.45) is 0 Å². The number of nitrogens with two attached hydrogens (primary N) is 1. The van der Waals surface area contributed by atoms with Gasteiger partial charge in [-0.25, -0.2) is 9.97 Å². The molecular formula is C17H16N4O. The first-order chi connectivity index (χ1) is 10.6. The molecule has 0 atom stereocenters. The fourth-order valence-electron chi connectivity index (χ4n) is 2.25. The van der Waals surface area contributed by atoms with Gasteiger partial charge in [-0.3, -0.25) is 4.79 Å². The smallest absolute Gasteiger partial charge is 0.274 e. The molecule has 0 fully saturated rings. The maximum absolute atomic E-state index is 12.3. The van der Waals surface area contributed by atoms with E-state index in [0.29, 0.717) is 17.6 Å². The van der Waals surface area contributed by atoms with Crippen LogP contribution in [0.25, 0.3) is 11.0 Å². The number of nitrogens with one attached hydrogen (secondary N) is 1. The van der Waals surface area contributed by atoms with E-state index in [1.165, 1.54) is 0 Å². The monoisotopic (exact) mass is 292 g/mol. The maximum atomic E-state index is 12.3. The van der Waals surface area contributed by atoms with Crippen molar-refractivity contribution in [3.63, 3.8) is 0 Å². The van der Waals surface area contributed by atoms with E-state index >= 15 is 0 Å². The number of aryl methyl sites for hydroxylation is 1. The van der Waals surface area contributed by atoms with Crippen molar-refractivity contribution in [2.45, 2.75) is 13.5 Å². The molecule has 0 aliphatic heterocycles. The molecule has 0 unspecified atom stereocenters. The Kier molecular flexibility index (Phi) is 3.70. The molecule has 110 valence electrons. The van der Waals surface area contributed by atoms with E-state index in [4.69, 9.17) is 5.73 Å². The van der Waals surface area contributed by atoms with Crippen LogP contribution in [0.5, 0.6) is 0 Å². The highest BCUT2D eigenvalue weighted by atomic mass is 16.1. The predicted molar refractivity (Wildman–Crippen MR) is 86.3 cm³/mol. The van der Waals surface area contributed by atoms with Gasteiger partial charge in [0, 0.05) is 6.54 Å². The molecule has 0 saturated heterocycles. The van der Waals surface area contributed by atoms with Crippen LogP contribution in [0.4, 0.5) is 5.82 Å². The standard InChI is InChI=1S/C17H16N4O/c1-11-6-2-3-7-12(11)10-19-17(22)15-16(18)21-14-9-5-4-8-13(14)20-15/h2-9H,10H2,1H3,(H2,18,21)(H,19,22). The summed E-state index contributed by atoms with van der Waals surface area (Å²) in [5, 5.41) is 2.84. The fourth-order valence-corrected chi connectivity index (χ4v) is 2.25. The lowest BCUT2D eigenvalue weighted by molar-refractivity contribution is 0.0947. The molecule has 3 N–H and O–H groups in total. The zero-order valence-corrected chi connectivity index (χ0v) is 12.2. The topological polar surface area (TPSA) is 80.9 Å². The second-order valence-electron chi connectivity index (χ2n) is 5.06. The molecule has 0 radical (unpaired) electrons. The molecule has 1 heterocycles. The number of carbonyl (C=O) groups is 1. The van der Waals surface area contributed by atoms with Crippen LogP contribution in [-0.2, 0) is 6.54 Å². The summed E-state index contributed by atoms with van der Waals surface area (Å²) in [5.74, 6) is -0.181. The summed E-state index contributed by atoms with van der Waals surface area (Å²) in [7, 11) is 0. The quantitative estimate of drug-likeness (QED) is 0.777. The van der Waals surface area contributed by atoms with Gasteiger partial charge in [0.1, 0.15) is 0 Å². The predicted octanol–water partition coefficient (Wildman–Crippen LogP) is 2.45. The zero-order chi connectivity index (χ0) is 15.5. The van der Waals surface area contributed by atoms with Crippen LogP contribution in [0.2, 0.25) is 0 Å². The van der Waals surface area contributed by atoms with Gasteiger partial charge in [-0.15, -0.1) is 0 Å². The van der Waals surface area contributed by atoms with Crippen molar-refractivity contribution >= 4 is 22.8 Å². The number of nitrogens with zero attached hydrogens (tertiary/aromatic N) is 2. The minimum Gasteiger partial charge on any atom is -0.382 e. The Morgan fingerprint density at radius 2 is 1.68 bits per heavy atom. The van der Waals surface area contributed by atoms with E-state index < -0.39 is 0 Å². The molecule has 0 saturated carbocycles. The lowest BCUT2D eigenvalue weighted by atomic mass is 10.1. The van der Waals surface area contributed by atoms with E-state index in [0.717, 1.165) is 11.1 Å². The van der Waals surface area contributed by atoms with Crippen molar-refractivity contribution in [2.75, 3.05) is 5.73 Å². The van der Waals surface area contributed by atoms with E-state index in [2.05, 4.69) is 15.3 Å². The van der Waals surface area contributed by atoms with Crippen LogP contribution in [0.15, 0.2) is 48.5 Å². The van der Waals surface area contributed by atoms with Gasteiger partial charge in [0.2, 0.25) is 0 Å². The third kappa shape index (κ3) is 2.74. The average molecular weight is 292 g/mol. The number of anilines is 1. The van der Waals surface area contributed by atoms with Crippen LogP contribution in [0, 0.1) is 6.92 Å². The number of nitrogen functional groups attached to an aromatic ring is 1. The van der Waals surface area contributed by atoms with Crippen molar-refractivity contribution in [1.29, 1.82) is 0 Å². The minimum absolute atomic E-state index is 0.140. The van der Waals surface area contributed by atoms with Crippen LogP contribution in [0.3, 0.4) is 0 Å². The maximum Gasteiger partial charge on any atom is 0.274 e. The molecule has 1 aromatic heterocycles. The number of rotatable bonds is 3. The number of aromatic nitrogens is 2. The SMILES string of the molecule is Cc1ccccc1CNC(=O)c1nc2ccccc2nc1N. The summed E-state index contributed by atoms with van der Waals surface area (Å²) in [6, 6.07) is 15.2. The van der Waals surface area contributed by atoms with Gasteiger partial charge in [0.25, 0.3) is 5.91 Å². The minimum atomic E-state index is -0.320. The Hall–Kier alpha value is -2.95. The molecule has 2 aromatic carbocycles. The molecule has 3 rings (SSSR count). The summed E-state index contributed by atoms with van der Waals surface area (Å²) < 4.78 is 0. The number of para-hydroxylation sites is 2. The van der Waals surface area contributed by atoms with Crippen LogP contribution in [0.1, 0.15) is 21.6 Å². The Labute approximate surface area is 128 Å². The first-order valence-corrected chi connectivity index (χ1v) is 7.00. The van der Waals surface area contributed by atoms with E-state index in [9.17, 15) is 4.79 Å². The summed E-state index contributed by atoms with van der Waals surface area (Å²) >= 11 is 0. The number of amides is 1. The lowest BCUT2D eigenvalue weighted by Gasteiger charge is -2.09. The summed E-state index contributed by atoms with van der Waals surface area (Å²) in [6.45, 7) is 2.44. The number of hydrogen-bond acceptors (Lipinski definition) is 4. The molecule has 0 aliphatic carbocycles. The number of carbonyl (C=O) groups excluding carboxylic acids is 1. The summed E-state index contributed by atoms with van der Waals surface area (Å²) in [4.78, 5) is 20.8. The Balaban J connectivity index is 1.83. The molecule has 1 amide bonds. The third-order valence-corrected chi connectivity index (χ3v) is 3.51. The van der Waals surface area contributed by atoms with Gasteiger partial charge in [-0.2, -0.15) is 0 Å². The Morgan fingerprint density at radius 1 is 1.05 bits per heavy atom. The van der Waals surface area contributed by atoms with Gasteiger partial charge < -0.3 is 11.1 Å². The number of fused-ring (bicyclic) bond motifs is 1. The first-order valence-electron chi connectivity index (χ1n) is 7.00. The van der Waals surface area contributed by atoms with Gasteiger partial charge in [-0.05, 0) is 30.2 Å². The van der Waals surface area contributed by atoms with Crippen LogP contribution < -0.4 is 11.1 Å². The van der Waals surface area contributed by atoms with E-state index in [1.807, 2.05) is 49.4 Å². The highest BCUT2D eigenvalue weighted by Gasteiger charge is 2.14. The fraction of sp³-hybridized carbons (Fsp3) is 0.118. The Bertz CT molecular complexity index is 845. The van der Waals surface area contributed by atoms with Gasteiger partial charge in [0.15, 0.2) is 11.5 Å². The number of benzene rings is 2. The average Bonchev–Trinajstić information content (AvgIpc) is 2.53. The van der Waals surface area contributed by atoms with Gasteiger partial charge in [-0.1, -0.05) is 36.4 Å². The lowest BCUT2D eigenvalue weighted by Crippen LogP contribution is -2.25. The van der Waals surface area contributed by atoms with E-state index in [1.54, 1.807) is 6.07 Å². The molecule has 0 bridgehead atoms. The first kappa shape index (κ1) is 14.0. The van der Waals surface area contributed by atoms with E-state index in [-0.39, 0.29) is 17.4 Å². The molecule has 22 heavy (non-hydrogen) atoms. The Morgan fingerprint density at radius 3 is 2.41 bits per heavy atom. The second kappa shape index (κ2) is 5.81.